The van der Waals surface area contributed by atoms with Gasteiger partial charge in [-0.15, -0.1) is 0 Å². The normalized spacial score (nSPS) is 14.4. The third-order valence-electron chi connectivity index (χ3n) is 4.45. The summed E-state index contributed by atoms with van der Waals surface area (Å²) in [5.41, 5.74) is 2.19. The standard InChI is InChI=1S/C19H28N4O4/c1-4-17(24)20-15-7-6-13(3)16(12-15)22-18(25)21-14-8-10-23(11-9-14)19(26)27-5-2/h6-7,12,14H,4-5,8-11H2,1-3H3,(H,20,24)(H2,21,22,25). The van der Waals surface area contributed by atoms with Gasteiger partial charge in [0, 0.05) is 36.9 Å². The SMILES string of the molecule is CCOC(=O)N1CCC(NC(=O)Nc2cc(NC(=O)CC)ccc2C)CC1. The van der Waals surface area contributed by atoms with Crippen LogP contribution in [0.1, 0.15) is 38.7 Å². The Kier molecular flexibility index (Phi) is 7.45. The summed E-state index contributed by atoms with van der Waals surface area (Å²) in [5, 5.41) is 8.56. The van der Waals surface area contributed by atoms with Crippen molar-refractivity contribution in [3.05, 3.63) is 23.8 Å². The van der Waals surface area contributed by atoms with E-state index in [1.807, 2.05) is 13.0 Å². The fraction of sp³-hybridized carbons (Fsp3) is 0.526. The van der Waals surface area contributed by atoms with Crippen LogP contribution in [0.15, 0.2) is 18.2 Å². The first-order valence-corrected chi connectivity index (χ1v) is 9.32. The maximum Gasteiger partial charge on any atom is 0.409 e. The van der Waals surface area contributed by atoms with E-state index in [0.717, 1.165) is 5.56 Å². The smallest absolute Gasteiger partial charge is 0.409 e. The van der Waals surface area contributed by atoms with Gasteiger partial charge in [-0.25, -0.2) is 9.59 Å². The van der Waals surface area contributed by atoms with Crippen LogP contribution < -0.4 is 16.0 Å². The third-order valence-corrected chi connectivity index (χ3v) is 4.45. The zero-order chi connectivity index (χ0) is 19.8. The second-order valence-corrected chi connectivity index (χ2v) is 6.49. The minimum absolute atomic E-state index is 0.000963. The summed E-state index contributed by atoms with van der Waals surface area (Å²) in [5.74, 6) is -0.0809. The number of hydrogen-bond acceptors (Lipinski definition) is 4. The highest BCUT2D eigenvalue weighted by molar-refractivity contribution is 5.94. The molecule has 8 nitrogen and oxygen atoms in total. The third kappa shape index (κ3) is 6.16. The van der Waals surface area contributed by atoms with Gasteiger partial charge in [0.05, 0.1) is 6.61 Å². The van der Waals surface area contributed by atoms with Gasteiger partial charge in [-0.05, 0) is 44.4 Å². The van der Waals surface area contributed by atoms with Crippen molar-refractivity contribution >= 4 is 29.4 Å². The molecule has 0 radical (unpaired) electrons. The van der Waals surface area contributed by atoms with Crippen LogP contribution in [0.2, 0.25) is 0 Å². The van der Waals surface area contributed by atoms with Crippen LogP contribution in [0.4, 0.5) is 21.0 Å². The average Bonchev–Trinajstić information content (AvgIpc) is 2.65. The molecule has 3 N–H and O–H groups in total. The molecule has 0 spiro atoms. The molecule has 148 valence electrons. The summed E-state index contributed by atoms with van der Waals surface area (Å²) < 4.78 is 4.99. The second-order valence-electron chi connectivity index (χ2n) is 6.49. The number of nitrogens with one attached hydrogen (secondary N) is 3. The predicted octanol–water partition coefficient (Wildman–Crippen LogP) is 3.09. The molecule has 0 saturated carbocycles. The topological polar surface area (TPSA) is 99.8 Å². The van der Waals surface area contributed by atoms with Gasteiger partial charge >= 0.3 is 12.1 Å². The fourth-order valence-electron chi connectivity index (χ4n) is 2.85. The second kappa shape index (κ2) is 9.80. The molecule has 1 aliphatic rings. The van der Waals surface area contributed by atoms with Crippen LogP contribution in [-0.4, -0.2) is 48.7 Å². The molecule has 0 unspecified atom stereocenters. The molecule has 1 aliphatic heterocycles. The number of piperidine rings is 1. The van der Waals surface area contributed by atoms with Gasteiger partial charge in [-0.3, -0.25) is 4.79 Å². The molecule has 1 saturated heterocycles. The predicted molar refractivity (Wildman–Crippen MR) is 104 cm³/mol. The van der Waals surface area contributed by atoms with Gasteiger partial charge in [0.25, 0.3) is 0 Å². The highest BCUT2D eigenvalue weighted by Gasteiger charge is 2.24. The molecule has 8 heteroatoms. The summed E-state index contributed by atoms with van der Waals surface area (Å²) in [4.78, 5) is 37.2. The quantitative estimate of drug-likeness (QED) is 0.735. The van der Waals surface area contributed by atoms with E-state index in [0.29, 0.717) is 50.3 Å². The first-order chi connectivity index (χ1) is 12.9. The molecular weight excluding hydrogens is 348 g/mol. The molecule has 0 atom stereocenters. The lowest BCUT2D eigenvalue weighted by molar-refractivity contribution is -0.115. The van der Waals surface area contributed by atoms with Gasteiger partial charge in [0.2, 0.25) is 5.91 Å². The fourth-order valence-corrected chi connectivity index (χ4v) is 2.85. The number of amides is 4. The number of rotatable bonds is 5. The lowest BCUT2D eigenvalue weighted by Crippen LogP contribution is -2.47. The monoisotopic (exact) mass is 376 g/mol. The van der Waals surface area contributed by atoms with Crippen molar-refractivity contribution in [2.24, 2.45) is 0 Å². The highest BCUT2D eigenvalue weighted by Crippen LogP contribution is 2.21. The van der Waals surface area contributed by atoms with E-state index in [1.165, 1.54) is 0 Å². The summed E-state index contributed by atoms with van der Waals surface area (Å²) in [6.45, 7) is 6.92. The molecule has 1 heterocycles. The number of urea groups is 1. The van der Waals surface area contributed by atoms with E-state index >= 15 is 0 Å². The molecular formula is C19H28N4O4. The van der Waals surface area contributed by atoms with Gasteiger partial charge in [0.15, 0.2) is 0 Å². The zero-order valence-electron chi connectivity index (χ0n) is 16.1. The van der Waals surface area contributed by atoms with Crippen molar-refractivity contribution in [3.8, 4) is 0 Å². The Morgan fingerprint density at radius 3 is 2.48 bits per heavy atom. The van der Waals surface area contributed by atoms with Gasteiger partial charge in [-0.2, -0.15) is 0 Å². The number of carbonyl (C=O) groups is 3. The summed E-state index contributed by atoms with van der Waals surface area (Å²) >= 11 is 0. The molecule has 0 aliphatic carbocycles. The van der Waals surface area contributed by atoms with Crippen LogP contribution in [0, 0.1) is 6.92 Å². The first kappa shape index (κ1) is 20.5. The molecule has 0 bridgehead atoms. The maximum absolute atomic E-state index is 12.3. The number of benzene rings is 1. The Morgan fingerprint density at radius 1 is 1.15 bits per heavy atom. The Bertz CT molecular complexity index is 684. The Labute approximate surface area is 159 Å². The van der Waals surface area contributed by atoms with Gasteiger partial charge in [-0.1, -0.05) is 13.0 Å². The Balaban J connectivity index is 1.86. The molecule has 27 heavy (non-hydrogen) atoms. The Hall–Kier alpha value is -2.77. The van der Waals surface area contributed by atoms with E-state index < -0.39 is 0 Å². The van der Waals surface area contributed by atoms with E-state index in [1.54, 1.807) is 30.9 Å². The van der Waals surface area contributed by atoms with E-state index in [-0.39, 0.29) is 24.1 Å². The van der Waals surface area contributed by atoms with Crippen molar-refractivity contribution in [1.82, 2.24) is 10.2 Å². The summed E-state index contributed by atoms with van der Waals surface area (Å²) in [7, 11) is 0. The van der Waals surface area contributed by atoms with Crippen LogP contribution in [0.5, 0.6) is 0 Å². The van der Waals surface area contributed by atoms with Crippen molar-refractivity contribution in [3.63, 3.8) is 0 Å². The summed E-state index contributed by atoms with van der Waals surface area (Å²) in [6.07, 6.45) is 1.44. The molecule has 0 aromatic heterocycles. The number of likely N-dealkylation sites (tertiary alicyclic amines) is 1. The number of aryl methyl sites for hydroxylation is 1. The summed E-state index contributed by atoms with van der Waals surface area (Å²) in [6, 6.07) is 5.09. The van der Waals surface area contributed by atoms with E-state index in [2.05, 4.69) is 16.0 Å². The van der Waals surface area contributed by atoms with Crippen LogP contribution in [0.25, 0.3) is 0 Å². The van der Waals surface area contributed by atoms with Crippen molar-refractivity contribution in [1.29, 1.82) is 0 Å². The number of carbonyl (C=O) groups excluding carboxylic acids is 3. The van der Waals surface area contributed by atoms with E-state index in [9.17, 15) is 14.4 Å². The van der Waals surface area contributed by atoms with E-state index in [4.69, 9.17) is 4.74 Å². The van der Waals surface area contributed by atoms with Crippen LogP contribution >= 0.6 is 0 Å². The lowest BCUT2D eigenvalue weighted by Gasteiger charge is -2.31. The van der Waals surface area contributed by atoms with Crippen LogP contribution in [0.3, 0.4) is 0 Å². The largest absolute Gasteiger partial charge is 0.450 e. The van der Waals surface area contributed by atoms with Crippen molar-refractivity contribution in [2.45, 2.75) is 46.1 Å². The van der Waals surface area contributed by atoms with Gasteiger partial charge < -0.3 is 25.6 Å². The molecule has 1 aromatic carbocycles. The minimum atomic E-state index is -0.304. The van der Waals surface area contributed by atoms with Crippen molar-refractivity contribution in [2.75, 3.05) is 30.3 Å². The first-order valence-electron chi connectivity index (χ1n) is 9.32. The minimum Gasteiger partial charge on any atom is -0.450 e. The molecule has 1 aromatic rings. The van der Waals surface area contributed by atoms with Crippen molar-refractivity contribution < 1.29 is 19.1 Å². The molecule has 4 amide bonds. The molecule has 2 rings (SSSR count). The molecule has 1 fully saturated rings. The van der Waals surface area contributed by atoms with Gasteiger partial charge in [0.1, 0.15) is 0 Å². The lowest BCUT2D eigenvalue weighted by atomic mass is 10.1. The number of anilines is 2. The number of hydrogen-bond donors (Lipinski definition) is 3. The Morgan fingerprint density at radius 2 is 1.85 bits per heavy atom. The number of ether oxygens (including phenoxy) is 1. The zero-order valence-corrected chi connectivity index (χ0v) is 16.1. The average molecular weight is 376 g/mol. The maximum atomic E-state index is 12.3. The highest BCUT2D eigenvalue weighted by atomic mass is 16.6. The number of nitrogens with zero attached hydrogens (tertiary/aromatic N) is 1. The van der Waals surface area contributed by atoms with Crippen LogP contribution in [-0.2, 0) is 9.53 Å².